The first-order valence-electron chi connectivity index (χ1n) is 17.4. The molecule has 2 N–H and O–H groups in total. The number of sulfonamides is 2. The lowest BCUT2D eigenvalue weighted by Gasteiger charge is -2.43. The summed E-state index contributed by atoms with van der Waals surface area (Å²) < 4.78 is 532. The molecule has 0 amide bonds. The van der Waals surface area contributed by atoms with Gasteiger partial charge in [-0.15, -0.1) is 0 Å². The average molecular weight is 1230 g/mol. The van der Waals surface area contributed by atoms with Gasteiger partial charge < -0.3 is 9.79 Å². The minimum atomic E-state index is -9.43. The highest BCUT2D eigenvalue weighted by Gasteiger charge is 2.98. The molecule has 0 aromatic heterocycles. The first kappa shape index (κ1) is 70.5. The molecule has 73 heavy (non-hydrogen) atoms. The lowest BCUT2D eigenvalue weighted by molar-refractivity contribution is -0.458. The molecule has 440 valence electrons. The minimum absolute atomic E-state index is 0.389. The van der Waals surface area contributed by atoms with Gasteiger partial charge in [0, 0.05) is 26.2 Å². The van der Waals surface area contributed by atoms with E-state index < -0.39 is 182 Å². The second kappa shape index (κ2) is 19.8. The highest BCUT2D eigenvalue weighted by Crippen LogP contribution is 2.67. The van der Waals surface area contributed by atoms with Crippen LogP contribution in [0.15, 0.2) is 0 Å². The van der Waals surface area contributed by atoms with Gasteiger partial charge in [0.2, 0.25) is 0 Å². The molecule has 0 aromatic rings. The topological polar surface area (TPSA) is 142 Å². The number of nitrogens with zero attached hydrogens (tertiary/aromatic N) is 2. The van der Waals surface area contributed by atoms with Gasteiger partial charge >= 0.3 is 102 Å². The van der Waals surface area contributed by atoms with Crippen molar-refractivity contribution in [3.63, 3.8) is 0 Å². The van der Waals surface area contributed by atoms with E-state index in [4.69, 9.17) is 9.79 Å². The molecule has 1 atom stereocenters. The fraction of sp³-hybridized carbons (Fsp3) is 1.00. The van der Waals surface area contributed by atoms with E-state index in [0.29, 0.717) is 13.8 Å². The molecule has 0 rings (SSSR count). The van der Waals surface area contributed by atoms with E-state index in [1.54, 1.807) is 0 Å². The van der Waals surface area contributed by atoms with Crippen molar-refractivity contribution in [3.05, 3.63) is 0 Å². The largest absolute Gasteiger partial charge is 0.469 e. The van der Waals surface area contributed by atoms with E-state index in [2.05, 4.69) is 4.52 Å². The van der Waals surface area contributed by atoms with Gasteiger partial charge in [0.25, 0.3) is 20.0 Å². The molecule has 0 saturated carbocycles. The Morgan fingerprint density at radius 1 is 0.384 bits per heavy atom. The molecule has 0 radical (unpaired) electrons. The van der Waals surface area contributed by atoms with Crippen molar-refractivity contribution in [3.8, 4) is 0 Å². The Morgan fingerprint density at radius 3 is 0.836 bits per heavy atom. The number of alkyl halides is 34. The molecule has 0 aromatic carbocycles. The standard InChI is InChI=1S/C26H23F34N2O8PS2/c1-3-6-61(72(66,67)25(57,58)21(47,48)17(39,40)13(31,32)11(27,28)15(35,36)19(43,44)23(51,52)53)8-5-10(70-71(63,64)65)9-62(7-4-2)73(68,69)26(59,60)22(49,50)18(41,42)14(33,34)12(29,30)16(37,38)20(45,46)24(54,55)56/h10H,3-9H2,1-2H3,(H2,63,64,65). The van der Waals surface area contributed by atoms with Gasteiger partial charge in [0.1, 0.15) is 0 Å². The molecule has 0 aliphatic heterocycles. The van der Waals surface area contributed by atoms with Crippen molar-refractivity contribution in [1.29, 1.82) is 0 Å². The molecule has 1 unspecified atom stereocenters. The zero-order valence-corrected chi connectivity index (χ0v) is 36.4. The summed E-state index contributed by atoms with van der Waals surface area (Å²) in [5.74, 6) is -110. The van der Waals surface area contributed by atoms with Crippen molar-refractivity contribution < 1.29 is 185 Å². The van der Waals surface area contributed by atoms with E-state index in [1.807, 2.05) is 0 Å². The van der Waals surface area contributed by atoms with E-state index in [1.165, 1.54) is 0 Å². The van der Waals surface area contributed by atoms with Crippen LogP contribution in [-0.4, -0.2) is 161 Å². The van der Waals surface area contributed by atoms with Crippen LogP contribution in [0.5, 0.6) is 0 Å². The number of phosphoric ester groups is 1. The Hall–Kier alpha value is -2.45. The zero-order valence-electron chi connectivity index (χ0n) is 33.9. The van der Waals surface area contributed by atoms with Gasteiger partial charge in [0.15, 0.2) is 0 Å². The fourth-order valence-electron chi connectivity index (χ4n) is 4.99. The molecule has 0 fully saturated rings. The van der Waals surface area contributed by atoms with Crippen LogP contribution in [-0.2, 0) is 29.1 Å². The first-order valence-corrected chi connectivity index (χ1v) is 21.8. The quantitative estimate of drug-likeness (QED) is 0.0612. The van der Waals surface area contributed by atoms with Crippen LogP contribution in [0, 0.1) is 0 Å². The highest BCUT2D eigenvalue weighted by atomic mass is 32.2. The van der Waals surface area contributed by atoms with Gasteiger partial charge in [-0.1, -0.05) is 13.8 Å². The molecule has 0 aliphatic carbocycles. The lowest BCUT2D eigenvalue weighted by atomic mass is 9.91. The summed E-state index contributed by atoms with van der Waals surface area (Å²) >= 11 is 0. The van der Waals surface area contributed by atoms with Gasteiger partial charge in [-0.05, 0) is 19.3 Å². The van der Waals surface area contributed by atoms with E-state index in [-0.39, 0.29) is 0 Å². The second-order valence-corrected chi connectivity index (χ2v) is 19.3. The van der Waals surface area contributed by atoms with E-state index in [9.17, 15) is 162 Å². The number of hydrogen-bond donors (Lipinski definition) is 2. The number of halogens is 34. The van der Waals surface area contributed by atoms with Crippen LogP contribution < -0.4 is 0 Å². The normalized spacial score (nSPS) is 17.0. The number of phosphoric acid groups is 1. The smallest absolute Gasteiger partial charge is 0.303 e. The van der Waals surface area contributed by atoms with Gasteiger partial charge in [0.05, 0.1) is 6.10 Å². The minimum Gasteiger partial charge on any atom is -0.303 e. The average Bonchev–Trinajstić information content (AvgIpc) is 3.16. The molecule has 0 bridgehead atoms. The van der Waals surface area contributed by atoms with Crippen LogP contribution in [0.2, 0.25) is 0 Å². The Bertz CT molecular complexity index is 2210. The summed E-state index contributed by atoms with van der Waals surface area (Å²) in [6, 6.07) is 0. The Balaban J connectivity index is 7.74. The third-order valence-electron chi connectivity index (χ3n) is 9.05. The highest BCUT2D eigenvalue weighted by molar-refractivity contribution is 7.90. The summed E-state index contributed by atoms with van der Waals surface area (Å²) in [5.41, 5.74) is 0. The predicted molar refractivity (Wildman–Crippen MR) is 164 cm³/mol. The monoisotopic (exact) mass is 1230 g/mol. The van der Waals surface area contributed by atoms with E-state index >= 15 is 8.78 Å². The molecule has 0 saturated heterocycles. The van der Waals surface area contributed by atoms with Crippen molar-refractivity contribution in [2.75, 3.05) is 26.2 Å². The first-order chi connectivity index (χ1) is 31.2. The molecule has 47 heteroatoms. The third-order valence-corrected chi connectivity index (χ3v) is 13.5. The lowest BCUT2D eigenvalue weighted by Crippen LogP contribution is -2.75. The van der Waals surface area contributed by atoms with Gasteiger partial charge in [-0.2, -0.15) is 158 Å². The third kappa shape index (κ3) is 10.5. The zero-order chi connectivity index (χ0) is 59.9. The van der Waals surface area contributed by atoms with Crippen molar-refractivity contribution in [2.45, 2.75) is 133 Å². The SMILES string of the molecule is CCCN(CCC(CN(CCC)S(=O)(=O)C(F)(F)C(F)(F)C(F)(F)C(F)(F)C(F)(F)C(F)(F)C(F)(F)C(F)(F)F)OP(=O)(O)O)S(=O)(=O)C(F)(F)C(F)(F)C(F)(F)C(F)(F)C(F)(F)C(F)(F)C(F)(F)C(F)(F)F. The van der Waals surface area contributed by atoms with Crippen LogP contribution >= 0.6 is 7.82 Å². The van der Waals surface area contributed by atoms with Crippen molar-refractivity contribution >= 4 is 27.9 Å². The summed E-state index contributed by atoms with van der Waals surface area (Å²) in [6.07, 6.45) is -25.4. The number of rotatable bonds is 27. The fourth-order valence-corrected chi connectivity index (χ4v) is 8.66. The van der Waals surface area contributed by atoms with Gasteiger partial charge in [-0.3, -0.25) is 4.52 Å². The molecule has 10 nitrogen and oxygen atoms in total. The maximum Gasteiger partial charge on any atom is 0.469 e. The summed E-state index contributed by atoms with van der Waals surface area (Å²) in [6.45, 7) is -9.29. The maximum atomic E-state index is 15.0. The molecule has 0 heterocycles. The Morgan fingerprint density at radius 2 is 0.603 bits per heavy atom. The van der Waals surface area contributed by atoms with E-state index in [0.717, 1.165) is 0 Å². The van der Waals surface area contributed by atoms with Crippen LogP contribution in [0.4, 0.5) is 149 Å². The van der Waals surface area contributed by atoms with Crippen molar-refractivity contribution in [1.82, 2.24) is 8.61 Å². The Labute approximate surface area is 381 Å². The Kier molecular flexibility index (Phi) is 19.1. The molecular formula is C26H23F34N2O8PS2. The maximum absolute atomic E-state index is 15.0. The summed E-state index contributed by atoms with van der Waals surface area (Å²) in [4.78, 5) is 18.2. The van der Waals surface area contributed by atoms with Crippen molar-refractivity contribution in [2.24, 2.45) is 0 Å². The van der Waals surface area contributed by atoms with Crippen LogP contribution in [0.25, 0.3) is 0 Å². The predicted octanol–water partition coefficient (Wildman–Crippen LogP) is 10.9. The summed E-state index contributed by atoms with van der Waals surface area (Å²) in [7, 11) is -23.7. The molecule has 0 aliphatic rings. The van der Waals surface area contributed by atoms with Crippen LogP contribution in [0.3, 0.4) is 0 Å². The molecule has 0 spiro atoms. The van der Waals surface area contributed by atoms with Crippen LogP contribution in [0.1, 0.15) is 33.1 Å². The molecular weight excluding hydrogens is 1210 g/mol. The number of hydrogen-bond acceptors (Lipinski definition) is 6. The summed E-state index contributed by atoms with van der Waals surface area (Å²) in [5, 5.41) is -16.9. The second-order valence-electron chi connectivity index (χ2n) is 14.2. The van der Waals surface area contributed by atoms with Gasteiger partial charge in [-0.25, -0.2) is 21.4 Å².